The van der Waals surface area contributed by atoms with Crippen molar-refractivity contribution in [3.63, 3.8) is 0 Å². The fraction of sp³-hybridized carbons (Fsp3) is 0.875. The highest BCUT2D eigenvalue weighted by molar-refractivity contribution is 5.77. The Morgan fingerprint density at radius 3 is 2.76 bits per heavy atom. The number of carbonyl (C=O) groups is 2. The molecule has 2 amide bonds. The summed E-state index contributed by atoms with van der Waals surface area (Å²) in [6, 6.07) is 0. The molecule has 0 bridgehead atoms. The molecule has 0 spiro atoms. The fourth-order valence-electron chi connectivity index (χ4n) is 3.26. The first kappa shape index (κ1) is 16.3. The molecule has 0 radical (unpaired) electrons. The average molecular weight is 296 g/mol. The van der Waals surface area contributed by atoms with E-state index < -0.39 is 0 Å². The number of ether oxygens (including phenoxy) is 1. The highest BCUT2D eigenvalue weighted by Gasteiger charge is 2.37. The fourth-order valence-corrected chi connectivity index (χ4v) is 3.26. The van der Waals surface area contributed by atoms with Crippen LogP contribution in [0.4, 0.5) is 0 Å². The van der Waals surface area contributed by atoms with Gasteiger partial charge in [-0.25, -0.2) is 0 Å². The van der Waals surface area contributed by atoms with Gasteiger partial charge in [0.2, 0.25) is 11.8 Å². The summed E-state index contributed by atoms with van der Waals surface area (Å²) in [6.07, 6.45) is 7.56. The quantitative estimate of drug-likeness (QED) is 0.742. The highest BCUT2D eigenvalue weighted by atomic mass is 16.5. The second-order valence-corrected chi connectivity index (χ2v) is 6.50. The Hall–Kier alpha value is -1.10. The molecular formula is C16H28N2O3. The maximum atomic E-state index is 11.9. The maximum Gasteiger partial charge on any atom is 0.222 e. The first-order chi connectivity index (χ1) is 10.2. The van der Waals surface area contributed by atoms with E-state index >= 15 is 0 Å². The lowest BCUT2D eigenvalue weighted by atomic mass is 9.69. The number of nitrogens with one attached hydrogen (secondary N) is 1. The summed E-state index contributed by atoms with van der Waals surface area (Å²) in [7, 11) is 1.72. The standard InChI is InChI=1S/C16H28N2O3/c1-21-13-16(8-5-9-16)12-17-14(19)6-4-11-18-10-3-2-7-15(18)20/h2-13H2,1H3,(H,17,19). The van der Waals surface area contributed by atoms with Crippen molar-refractivity contribution in [1.29, 1.82) is 0 Å². The molecule has 0 aromatic carbocycles. The van der Waals surface area contributed by atoms with Gasteiger partial charge in [-0.2, -0.15) is 0 Å². The molecule has 1 saturated heterocycles. The second kappa shape index (κ2) is 7.78. The lowest BCUT2D eigenvalue weighted by Gasteiger charge is -2.41. The number of carbonyl (C=O) groups excluding carboxylic acids is 2. The van der Waals surface area contributed by atoms with Crippen LogP contribution in [0.2, 0.25) is 0 Å². The minimum Gasteiger partial charge on any atom is -0.384 e. The molecule has 1 heterocycles. The van der Waals surface area contributed by atoms with Crippen molar-refractivity contribution in [2.24, 2.45) is 5.41 Å². The Bertz CT molecular complexity index is 367. The molecule has 0 aromatic rings. The molecule has 2 rings (SSSR count). The summed E-state index contributed by atoms with van der Waals surface area (Å²) in [5.41, 5.74) is 0.174. The number of hydrogen-bond donors (Lipinski definition) is 1. The Morgan fingerprint density at radius 2 is 2.14 bits per heavy atom. The number of methoxy groups -OCH3 is 1. The normalized spacial score (nSPS) is 21.0. The van der Waals surface area contributed by atoms with Crippen LogP contribution in [0.1, 0.15) is 51.4 Å². The number of rotatable bonds is 8. The van der Waals surface area contributed by atoms with Crippen LogP contribution in [0.3, 0.4) is 0 Å². The van der Waals surface area contributed by atoms with E-state index in [4.69, 9.17) is 4.74 Å². The van der Waals surface area contributed by atoms with Gasteiger partial charge in [0, 0.05) is 45.0 Å². The van der Waals surface area contributed by atoms with Crippen molar-refractivity contribution in [3.8, 4) is 0 Å². The lowest BCUT2D eigenvalue weighted by molar-refractivity contribution is -0.133. The Kier molecular flexibility index (Phi) is 6.03. The molecule has 1 aliphatic carbocycles. The van der Waals surface area contributed by atoms with E-state index in [1.807, 2.05) is 4.90 Å². The van der Waals surface area contributed by atoms with Crippen molar-refractivity contribution in [1.82, 2.24) is 10.2 Å². The van der Waals surface area contributed by atoms with Crippen LogP contribution < -0.4 is 5.32 Å². The smallest absolute Gasteiger partial charge is 0.222 e. The van der Waals surface area contributed by atoms with E-state index in [0.717, 1.165) is 58.3 Å². The van der Waals surface area contributed by atoms with Crippen LogP contribution >= 0.6 is 0 Å². The van der Waals surface area contributed by atoms with E-state index in [1.54, 1.807) is 7.11 Å². The van der Waals surface area contributed by atoms with Gasteiger partial charge in [-0.3, -0.25) is 9.59 Å². The van der Waals surface area contributed by atoms with Gasteiger partial charge in [0.25, 0.3) is 0 Å². The zero-order valence-electron chi connectivity index (χ0n) is 13.2. The summed E-state index contributed by atoms with van der Waals surface area (Å²) < 4.78 is 5.26. The third-order valence-electron chi connectivity index (χ3n) is 4.78. The van der Waals surface area contributed by atoms with Crippen LogP contribution in [-0.2, 0) is 14.3 Å². The topological polar surface area (TPSA) is 58.6 Å². The van der Waals surface area contributed by atoms with Gasteiger partial charge < -0.3 is 15.0 Å². The van der Waals surface area contributed by atoms with E-state index in [2.05, 4.69) is 5.32 Å². The van der Waals surface area contributed by atoms with Crippen LogP contribution in [0.15, 0.2) is 0 Å². The van der Waals surface area contributed by atoms with E-state index in [9.17, 15) is 9.59 Å². The molecule has 2 fully saturated rings. The Balaban J connectivity index is 1.60. The molecule has 1 aliphatic heterocycles. The number of amides is 2. The molecule has 120 valence electrons. The summed E-state index contributed by atoms with van der Waals surface area (Å²) >= 11 is 0. The average Bonchev–Trinajstić information content (AvgIpc) is 2.44. The van der Waals surface area contributed by atoms with Gasteiger partial charge in [-0.15, -0.1) is 0 Å². The highest BCUT2D eigenvalue weighted by Crippen LogP contribution is 2.40. The van der Waals surface area contributed by atoms with E-state index in [1.165, 1.54) is 6.42 Å². The molecule has 1 N–H and O–H groups in total. The van der Waals surface area contributed by atoms with Gasteiger partial charge >= 0.3 is 0 Å². The van der Waals surface area contributed by atoms with Gasteiger partial charge in [-0.05, 0) is 32.1 Å². The van der Waals surface area contributed by atoms with Crippen LogP contribution in [-0.4, -0.2) is 50.1 Å². The van der Waals surface area contributed by atoms with E-state index in [-0.39, 0.29) is 17.2 Å². The van der Waals surface area contributed by atoms with Gasteiger partial charge in [-0.1, -0.05) is 6.42 Å². The third kappa shape index (κ3) is 4.70. The second-order valence-electron chi connectivity index (χ2n) is 6.50. The van der Waals surface area contributed by atoms with Crippen LogP contribution in [0.5, 0.6) is 0 Å². The molecule has 0 atom stereocenters. The molecule has 5 heteroatoms. The van der Waals surface area contributed by atoms with Crippen LogP contribution in [0.25, 0.3) is 0 Å². The number of piperidine rings is 1. The molecule has 1 saturated carbocycles. The first-order valence-electron chi connectivity index (χ1n) is 8.19. The largest absolute Gasteiger partial charge is 0.384 e. The van der Waals surface area contributed by atoms with Crippen molar-refractivity contribution >= 4 is 11.8 Å². The summed E-state index contributed by atoms with van der Waals surface area (Å²) in [6.45, 7) is 3.03. The van der Waals surface area contributed by atoms with Crippen molar-refractivity contribution in [2.45, 2.75) is 51.4 Å². The molecule has 0 aromatic heterocycles. The minimum absolute atomic E-state index is 0.0989. The maximum absolute atomic E-state index is 11.9. The predicted molar refractivity (Wildman–Crippen MR) is 80.8 cm³/mol. The molecule has 2 aliphatic rings. The van der Waals surface area contributed by atoms with Crippen molar-refractivity contribution < 1.29 is 14.3 Å². The molecular weight excluding hydrogens is 268 g/mol. The van der Waals surface area contributed by atoms with Gasteiger partial charge in [0.1, 0.15) is 0 Å². The van der Waals surface area contributed by atoms with Crippen molar-refractivity contribution in [3.05, 3.63) is 0 Å². The van der Waals surface area contributed by atoms with Crippen LogP contribution in [0, 0.1) is 5.41 Å². The van der Waals surface area contributed by atoms with E-state index in [0.29, 0.717) is 12.8 Å². The lowest BCUT2D eigenvalue weighted by Crippen LogP contribution is -2.45. The van der Waals surface area contributed by atoms with Crippen molar-refractivity contribution in [2.75, 3.05) is 33.4 Å². The van der Waals surface area contributed by atoms with Gasteiger partial charge in [0.05, 0.1) is 6.61 Å². The number of nitrogens with zero attached hydrogens (tertiary/aromatic N) is 1. The third-order valence-corrected chi connectivity index (χ3v) is 4.78. The zero-order valence-corrected chi connectivity index (χ0v) is 13.2. The monoisotopic (exact) mass is 296 g/mol. The molecule has 5 nitrogen and oxygen atoms in total. The molecule has 21 heavy (non-hydrogen) atoms. The van der Waals surface area contributed by atoms with Gasteiger partial charge in [0.15, 0.2) is 0 Å². The summed E-state index contributed by atoms with van der Waals surface area (Å²) in [5.74, 6) is 0.344. The zero-order chi connectivity index (χ0) is 15.1. The molecule has 0 unspecified atom stereocenters. The Labute approximate surface area is 127 Å². The first-order valence-corrected chi connectivity index (χ1v) is 8.19. The number of hydrogen-bond acceptors (Lipinski definition) is 3. The number of likely N-dealkylation sites (tertiary alicyclic amines) is 1. The SMILES string of the molecule is COCC1(CNC(=O)CCCN2CCCCC2=O)CCC1. The summed E-state index contributed by atoms with van der Waals surface area (Å²) in [4.78, 5) is 25.5. The minimum atomic E-state index is 0.0989. The Morgan fingerprint density at radius 1 is 1.33 bits per heavy atom. The predicted octanol–water partition coefficient (Wildman–Crippen LogP) is 1.71. The summed E-state index contributed by atoms with van der Waals surface area (Å²) in [5, 5.41) is 3.04.